The van der Waals surface area contributed by atoms with E-state index >= 15 is 0 Å². The van der Waals surface area contributed by atoms with E-state index in [2.05, 4.69) is 50.3 Å². The summed E-state index contributed by atoms with van der Waals surface area (Å²) >= 11 is 0. The quantitative estimate of drug-likeness (QED) is 0.801. The summed E-state index contributed by atoms with van der Waals surface area (Å²) in [6, 6.07) is 10.5. The van der Waals surface area contributed by atoms with Gasteiger partial charge < -0.3 is 11.5 Å². The summed E-state index contributed by atoms with van der Waals surface area (Å²) in [4.78, 5) is 0. The van der Waals surface area contributed by atoms with E-state index in [9.17, 15) is 0 Å². The van der Waals surface area contributed by atoms with Gasteiger partial charge in [-0.1, -0.05) is 56.3 Å². The smallest absolute Gasteiger partial charge is 0.0922 e. The standard InChI is InChI=1S/C16H22N2/c1-3-15(2)12-14(9-10-16(15,17)18)11-13-7-5-4-6-8-13/h4-10,12H,3,11,17-18H2,1-2H3. The highest BCUT2D eigenvalue weighted by Crippen LogP contribution is 2.37. The predicted molar refractivity (Wildman–Crippen MR) is 76.9 cm³/mol. The largest absolute Gasteiger partial charge is 0.309 e. The average molecular weight is 242 g/mol. The Morgan fingerprint density at radius 1 is 1.11 bits per heavy atom. The maximum absolute atomic E-state index is 6.17. The van der Waals surface area contributed by atoms with E-state index in [1.165, 1.54) is 11.1 Å². The molecule has 0 bridgehead atoms. The minimum atomic E-state index is -0.748. The summed E-state index contributed by atoms with van der Waals surface area (Å²) < 4.78 is 0. The Labute approximate surface area is 109 Å². The zero-order chi connectivity index (χ0) is 13.2. The van der Waals surface area contributed by atoms with E-state index < -0.39 is 5.66 Å². The molecule has 0 fully saturated rings. The van der Waals surface area contributed by atoms with Crippen molar-refractivity contribution in [2.75, 3.05) is 0 Å². The Morgan fingerprint density at radius 2 is 1.78 bits per heavy atom. The lowest BCUT2D eigenvalue weighted by Crippen LogP contribution is -2.60. The van der Waals surface area contributed by atoms with Crippen LogP contribution in [-0.2, 0) is 6.42 Å². The third-order valence-electron chi connectivity index (χ3n) is 4.05. The number of hydrogen-bond donors (Lipinski definition) is 2. The van der Waals surface area contributed by atoms with Gasteiger partial charge >= 0.3 is 0 Å². The van der Waals surface area contributed by atoms with Crippen molar-refractivity contribution in [2.24, 2.45) is 16.9 Å². The first-order valence-corrected chi connectivity index (χ1v) is 6.49. The molecule has 2 nitrogen and oxygen atoms in total. The molecular weight excluding hydrogens is 220 g/mol. The van der Waals surface area contributed by atoms with E-state index in [4.69, 9.17) is 11.5 Å². The van der Waals surface area contributed by atoms with Crippen LogP contribution in [0.3, 0.4) is 0 Å². The molecule has 0 radical (unpaired) electrons. The fourth-order valence-electron chi connectivity index (χ4n) is 2.37. The summed E-state index contributed by atoms with van der Waals surface area (Å²) in [5.74, 6) is 0. The minimum absolute atomic E-state index is 0.175. The van der Waals surface area contributed by atoms with Gasteiger partial charge in [-0.2, -0.15) is 0 Å². The maximum atomic E-state index is 6.17. The zero-order valence-electron chi connectivity index (χ0n) is 11.2. The Morgan fingerprint density at radius 3 is 2.39 bits per heavy atom. The molecular formula is C16H22N2. The van der Waals surface area contributed by atoms with E-state index in [0.717, 1.165) is 12.8 Å². The molecule has 0 saturated heterocycles. The van der Waals surface area contributed by atoms with Gasteiger partial charge in [-0.05, 0) is 30.1 Å². The third kappa shape index (κ3) is 2.40. The van der Waals surface area contributed by atoms with Crippen LogP contribution in [0.1, 0.15) is 25.8 Å². The van der Waals surface area contributed by atoms with E-state index in [-0.39, 0.29) is 5.41 Å². The molecule has 0 heterocycles. The van der Waals surface area contributed by atoms with Crippen LogP contribution in [-0.4, -0.2) is 5.66 Å². The Kier molecular flexibility index (Phi) is 3.42. The second kappa shape index (κ2) is 4.71. The summed E-state index contributed by atoms with van der Waals surface area (Å²) in [6.45, 7) is 4.26. The predicted octanol–water partition coefficient (Wildman–Crippen LogP) is 2.76. The number of nitrogens with two attached hydrogens (primary N) is 2. The van der Waals surface area contributed by atoms with Gasteiger partial charge in [-0.25, -0.2) is 0 Å². The van der Waals surface area contributed by atoms with Crippen molar-refractivity contribution in [1.29, 1.82) is 0 Å². The molecule has 0 amide bonds. The van der Waals surface area contributed by atoms with Crippen LogP contribution in [0.5, 0.6) is 0 Å². The summed E-state index contributed by atoms with van der Waals surface area (Å²) in [7, 11) is 0. The highest BCUT2D eigenvalue weighted by molar-refractivity contribution is 5.37. The first-order valence-electron chi connectivity index (χ1n) is 6.49. The topological polar surface area (TPSA) is 52.0 Å². The monoisotopic (exact) mass is 242 g/mol. The average Bonchev–Trinajstić information content (AvgIpc) is 2.36. The SMILES string of the molecule is CCC1(C)C=C(Cc2ccccc2)C=CC1(N)N. The molecule has 1 atom stereocenters. The van der Waals surface area contributed by atoms with Crippen molar-refractivity contribution in [1.82, 2.24) is 0 Å². The zero-order valence-corrected chi connectivity index (χ0v) is 11.2. The number of allylic oxidation sites excluding steroid dienone is 2. The molecule has 1 aromatic carbocycles. The van der Waals surface area contributed by atoms with Gasteiger partial charge in [0.15, 0.2) is 0 Å². The molecule has 96 valence electrons. The Hall–Kier alpha value is -1.38. The van der Waals surface area contributed by atoms with Gasteiger partial charge in [0.25, 0.3) is 0 Å². The second-order valence-corrected chi connectivity index (χ2v) is 5.42. The Bertz CT molecular complexity index is 471. The number of hydrogen-bond acceptors (Lipinski definition) is 2. The molecule has 1 unspecified atom stereocenters. The van der Waals surface area contributed by atoms with Crippen LogP contribution in [0.2, 0.25) is 0 Å². The number of rotatable bonds is 3. The maximum Gasteiger partial charge on any atom is 0.0922 e. The van der Waals surface area contributed by atoms with E-state index in [0.29, 0.717) is 0 Å². The van der Waals surface area contributed by atoms with Gasteiger partial charge in [0.05, 0.1) is 5.66 Å². The summed E-state index contributed by atoms with van der Waals surface area (Å²) in [5.41, 5.74) is 14.0. The van der Waals surface area contributed by atoms with Gasteiger partial charge in [0.2, 0.25) is 0 Å². The number of benzene rings is 1. The molecule has 0 aliphatic heterocycles. The normalized spacial score (nSPS) is 25.9. The van der Waals surface area contributed by atoms with Gasteiger partial charge in [-0.3, -0.25) is 0 Å². The molecule has 0 saturated carbocycles. The van der Waals surface area contributed by atoms with Crippen molar-refractivity contribution in [2.45, 2.75) is 32.4 Å². The van der Waals surface area contributed by atoms with E-state index in [1.807, 2.05) is 12.1 Å². The molecule has 2 rings (SSSR count). The first-order chi connectivity index (χ1) is 8.47. The van der Waals surface area contributed by atoms with Crippen LogP contribution < -0.4 is 11.5 Å². The fourth-order valence-corrected chi connectivity index (χ4v) is 2.37. The molecule has 18 heavy (non-hydrogen) atoms. The van der Waals surface area contributed by atoms with Crippen LogP contribution in [0, 0.1) is 5.41 Å². The minimum Gasteiger partial charge on any atom is -0.309 e. The van der Waals surface area contributed by atoms with Crippen molar-refractivity contribution < 1.29 is 0 Å². The first kappa shape index (κ1) is 13.1. The van der Waals surface area contributed by atoms with Gasteiger partial charge in [0, 0.05) is 5.41 Å². The van der Waals surface area contributed by atoms with Crippen LogP contribution >= 0.6 is 0 Å². The van der Waals surface area contributed by atoms with Crippen LogP contribution in [0.4, 0.5) is 0 Å². The highest BCUT2D eigenvalue weighted by Gasteiger charge is 2.39. The molecule has 4 N–H and O–H groups in total. The van der Waals surface area contributed by atoms with Crippen molar-refractivity contribution in [3.63, 3.8) is 0 Å². The highest BCUT2D eigenvalue weighted by atomic mass is 15.0. The molecule has 1 aliphatic carbocycles. The lowest BCUT2D eigenvalue weighted by atomic mass is 9.71. The molecule has 0 spiro atoms. The van der Waals surface area contributed by atoms with E-state index in [1.54, 1.807) is 0 Å². The van der Waals surface area contributed by atoms with Crippen molar-refractivity contribution in [3.8, 4) is 0 Å². The molecule has 1 aliphatic rings. The fraction of sp³-hybridized carbons (Fsp3) is 0.375. The van der Waals surface area contributed by atoms with Crippen molar-refractivity contribution >= 4 is 0 Å². The molecule has 1 aromatic rings. The summed E-state index contributed by atoms with van der Waals surface area (Å²) in [6.07, 6.45) is 8.10. The lowest BCUT2D eigenvalue weighted by molar-refractivity contribution is 0.247. The van der Waals surface area contributed by atoms with Gasteiger partial charge in [-0.15, -0.1) is 0 Å². The van der Waals surface area contributed by atoms with Crippen LogP contribution in [0.25, 0.3) is 0 Å². The second-order valence-electron chi connectivity index (χ2n) is 5.42. The lowest BCUT2D eigenvalue weighted by Gasteiger charge is -2.42. The third-order valence-corrected chi connectivity index (χ3v) is 4.05. The Balaban J connectivity index is 2.24. The molecule has 2 heteroatoms. The molecule has 0 aromatic heterocycles. The van der Waals surface area contributed by atoms with Crippen LogP contribution in [0.15, 0.2) is 54.1 Å². The van der Waals surface area contributed by atoms with Gasteiger partial charge in [0.1, 0.15) is 0 Å². The van der Waals surface area contributed by atoms with Crippen molar-refractivity contribution in [3.05, 3.63) is 59.7 Å². The summed E-state index contributed by atoms with van der Waals surface area (Å²) in [5, 5.41) is 0.